The molecule has 0 unspecified atom stereocenters. The van der Waals surface area contributed by atoms with Crippen LogP contribution >= 0.6 is 0 Å². The van der Waals surface area contributed by atoms with E-state index in [1.54, 1.807) is 29.2 Å². The van der Waals surface area contributed by atoms with Gasteiger partial charge in [-0.05, 0) is 41.8 Å². The van der Waals surface area contributed by atoms with Gasteiger partial charge in [0, 0.05) is 31.7 Å². The van der Waals surface area contributed by atoms with Crippen molar-refractivity contribution in [3.8, 4) is 0 Å². The van der Waals surface area contributed by atoms with Gasteiger partial charge in [-0.25, -0.2) is 8.42 Å². The van der Waals surface area contributed by atoms with Gasteiger partial charge in [0.1, 0.15) is 0 Å². The molecule has 0 atom stereocenters. The molecule has 6 heteroatoms. The monoisotopic (exact) mass is 420 g/mol. The zero-order valence-corrected chi connectivity index (χ0v) is 17.5. The number of amides is 1. The first kappa shape index (κ1) is 20.3. The van der Waals surface area contributed by atoms with Gasteiger partial charge in [-0.3, -0.25) is 4.79 Å². The highest BCUT2D eigenvalue weighted by atomic mass is 32.2. The molecule has 0 radical (unpaired) electrons. The number of hydrogen-bond donors (Lipinski definition) is 0. The highest BCUT2D eigenvalue weighted by Crippen LogP contribution is 2.20. The molecule has 4 rings (SSSR count). The summed E-state index contributed by atoms with van der Waals surface area (Å²) in [6.07, 6.45) is 0.765. The van der Waals surface area contributed by atoms with Crippen molar-refractivity contribution in [3.05, 3.63) is 102 Å². The minimum atomic E-state index is -3.57. The standard InChI is InChI=1S/C24H24N2O3S/c27-24(22-9-5-2-6-10-22)25-15-17-26(18-16-25)30(28,29)23-13-11-21(12-14-23)19-20-7-3-1-4-8-20/h1-14H,15-19H2. The Bertz CT molecular complexity index is 1090. The molecule has 3 aromatic carbocycles. The van der Waals surface area contributed by atoms with E-state index in [1.165, 1.54) is 9.87 Å². The second-order valence-electron chi connectivity index (χ2n) is 7.37. The fraction of sp³-hybridized carbons (Fsp3) is 0.208. The topological polar surface area (TPSA) is 57.7 Å². The fourth-order valence-electron chi connectivity index (χ4n) is 3.65. The van der Waals surface area contributed by atoms with Crippen molar-refractivity contribution in [2.45, 2.75) is 11.3 Å². The smallest absolute Gasteiger partial charge is 0.253 e. The molecule has 1 aliphatic heterocycles. The van der Waals surface area contributed by atoms with E-state index in [-0.39, 0.29) is 5.91 Å². The van der Waals surface area contributed by atoms with E-state index in [9.17, 15) is 13.2 Å². The molecule has 1 heterocycles. The predicted molar refractivity (Wildman–Crippen MR) is 117 cm³/mol. The van der Waals surface area contributed by atoms with Crippen LogP contribution in [-0.2, 0) is 16.4 Å². The molecule has 0 bridgehead atoms. The summed E-state index contributed by atoms with van der Waals surface area (Å²) in [5, 5.41) is 0. The summed E-state index contributed by atoms with van der Waals surface area (Å²) >= 11 is 0. The lowest BCUT2D eigenvalue weighted by molar-refractivity contribution is 0.0698. The van der Waals surface area contributed by atoms with Crippen LogP contribution in [0.4, 0.5) is 0 Å². The van der Waals surface area contributed by atoms with Crippen molar-refractivity contribution < 1.29 is 13.2 Å². The first-order valence-electron chi connectivity index (χ1n) is 10.0. The third kappa shape index (κ3) is 4.45. The van der Waals surface area contributed by atoms with Crippen molar-refractivity contribution in [3.63, 3.8) is 0 Å². The molecule has 3 aromatic rings. The third-order valence-corrected chi connectivity index (χ3v) is 7.27. The van der Waals surface area contributed by atoms with Crippen LogP contribution in [0, 0.1) is 0 Å². The van der Waals surface area contributed by atoms with Gasteiger partial charge < -0.3 is 4.90 Å². The molecule has 1 fully saturated rings. The number of piperazine rings is 1. The molecule has 154 valence electrons. The Hall–Kier alpha value is -2.96. The number of sulfonamides is 1. The molecule has 1 aliphatic rings. The molecule has 0 aromatic heterocycles. The highest BCUT2D eigenvalue weighted by Gasteiger charge is 2.30. The van der Waals surface area contributed by atoms with Crippen LogP contribution in [-0.4, -0.2) is 49.7 Å². The van der Waals surface area contributed by atoms with Gasteiger partial charge in [0.25, 0.3) is 5.91 Å². The molecule has 0 saturated carbocycles. The number of carbonyl (C=O) groups excluding carboxylic acids is 1. The van der Waals surface area contributed by atoms with E-state index >= 15 is 0 Å². The van der Waals surface area contributed by atoms with Crippen molar-refractivity contribution in [2.75, 3.05) is 26.2 Å². The molecular formula is C24H24N2O3S. The molecule has 0 spiro atoms. The normalized spacial score (nSPS) is 15.1. The highest BCUT2D eigenvalue weighted by molar-refractivity contribution is 7.89. The second kappa shape index (κ2) is 8.81. The molecule has 0 aliphatic carbocycles. The summed E-state index contributed by atoms with van der Waals surface area (Å²) in [6.45, 7) is 1.37. The van der Waals surface area contributed by atoms with Gasteiger partial charge in [0.05, 0.1) is 4.90 Å². The number of benzene rings is 3. The average molecular weight is 421 g/mol. The summed E-state index contributed by atoms with van der Waals surface area (Å²) in [4.78, 5) is 14.6. The maximum Gasteiger partial charge on any atom is 0.253 e. The van der Waals surface area contributed by atoms with Gasteiger partial charge in [-0.15, -0.1) is 0 Å². The van der Waals surface area contributed by atoms with Crippen molar-refractivity contribution in [1.29, 1.82) is 0 Å². The molecular weight excluding hydrogens is 396 g/mol. The predicted octanol–water partition coefficient (Wildman–Crippen LogP) is 3.42. The number of hydrogen-bond acceptors (Lipinski definition) is 3. The van der Waals surface area contributed by atoms with E-state index in [0.29, 0.717) is 36.6 Å². The zero-order valence-electron chi connectivity index (χ0n) is 16.6. The summed E-state index contributed by atoms with van der Waals surface area (Å²) in [7, 11) is -3.57. The van der Waals surface area contributed by atoms with Crippen LogP contribution in [0.5, 0.6) is 0 Å². The lowest BCUT2D eigenvalue weighted by atomic mass is 10.1. The Labute approximate surface area is 177 Å². The number of carbonyl (C=O) groups is 1. The minimum absolute atomic E-state index is 0.0575. The first-order valence-corrected chi connectivity index (χ1v) is 11.5. The Morgan fingerprint density at radius 3 is 1.83 bits per heavy atom. The van der Waals surface area contributed by atoms with Crippen LogP contribution in [0.1, 0.15) is 21.5 Å². The number of nitrogens with zero attached hydrogens (tertiary/aromatic N) is 2. The van der Waals surface area contributed by atoms with Crippen LogP contribution in [0.25, 0.3) is 0 Å². The van der Waals surface area contributed by atoms with E-state index in [2.05, 4.69) is 12.1 Å². The number of rotatable bonds is 5. The quantitative estimate of drug-likeness (QED) is 0.636. The Morgan fingerprint density at radius 1 is 0.700 bits per heavy atom. The van der Waals surface area contributed by atoms with E-state index in [0.717, 1.165) is 12.0 Å². The lowest BCUT2D eigenvalue weighted by Crippen LogP contribution is -2.50. The summed E-state index contributed by atoms with van der Waals surface area (Å²) in [5.74, 6) is -0.0575. The largest absolute Gasteiger partial charge is 0.336 e. The van der Waals surface area contributed by atoms with Gasteiger partial charge in [0.2, 0.25) is 10.0 Å². The van der Waals surface area contributed by atoms with Crippen molar-refractivity contribution in [1.82, 2.24) is 9.21 Å². The summed E-state index contributed by atoms with van der Waals surface area (Å²) < 4.78 is 27.5. The van der Waals surface area contributed by atoms with Crippen LogP contribution in [0.3, 0.4) is 0 Å². The molecule has 5 nitrogen and oxygen atoms in total. The van der Waals surface area contributed by atoms with Crippen LogP contribution in [0.2, 0.25) is 0 Å². The maximum absolute atomic E-state index is 13.0. The maximum atomic E-state index is 13.0. The third-order valence-electron chi connectivity index (χ3n) is 5.36. The van der Waals surface area contributed by atoms with Gasteiger partial charge in [0.15, 0.2) is 0 Å². The average Bonchev–Trinajstić information content (AvgIpc) is 2.80. The van der Waals surface area contributed by atoms with E-state index in [4.69, 9.17) is 0 Å². The zero-order chi connectivity index (χ0) is 21.0. The molecule has 0 N–H and O–H groups in total. The Kier molecular flexibility index (Phi) is 5.97. The molecule has 30 heavy (non-hydrogen) atoms. The summed E-state index contributed by atoms with van der Waals surface area (Å²) in [5.41, 5.74) is 2.88. The Balaban J connectivity index is 1.40. The molecule has 1 saturated heterocycles. The van der Waals surface area contributed by atoms with Crippen LogP contribution < -0.4 is 0 Å². The fourth-order valence-corrected chi connectivity index (χ4v) is 5.08. The SMILES string of the molecule is O=C(c1ccccc1)N1CCN(S(=O)(=O)c2ccc(Cc3ccccc3)cc2)CC1. The van der Waals surface area contributed by atoms with Crippen molar-refractivity contribution >= 4 is 15.9 Å². The molecule has 1 amide bonds. The van der Waals surface area contributed by atoms with Crippen molar-refractivity contribution in [2.24, 2.45) is 0 Å². The lowest BCUT2D eigenvalue weighted by Gasteiger charge is -2.34. The first-order chi connectivity index (χ1) is 14.5. The Morgan fingerprint density at radius 2 is 1.23 bits per heavy atom. The summed E-state index contributed by atoms with van der Waals surface area (Å²) in [6, 6.07) is 26.3. The second-order valence-corrected chi connectivity index (χ2v) is 9.31. The van der Waals surface area contributed by atoms with Gasteiger partial charge in [-0.1, -0.05) is 60.7 Å². The van der Waals surface area contributed by atoms with Crippen LogP contribution in [0.15, 0.2) is 89.8 Å². The minimum Gasteiger partial charge on any atom is -0.336 e. The van der Waals surface area contributed by atoms with Gasteiger partial charge in [-0.2, -0.15) is 4.31 Å². The van der Waals surface area contributed by atoms with E-state index in [1.807, 2.05) is 48.5 Å². The van der Waals surface area contributed by atoms with E-state index < -0.39 is 10.0 Å². The van der Waals surface area contributed by atoms with Gasteiger partial charge >= 0.3 is 0 Å².